The largest absolute Gasteiger partial charge is 0.353 e. The molecule has 0 radical (unpaired) electrons. The average molecular weight is 351 g/mol. The zero-order chi connectivity index (χ0) is 16.2. The van der Waals surface area contributed by atoms with E-state index in [0.29, 0.717) is 22.3 Å². The normalized spacial score (nSPS) is 16.4. The van der Waals surface area contributed by atoms with Crippen LogP contribution in [0.2, 0.25) is 0 Å². The van der Waals surface area contributed by atoms with Gasteiger partial charge in [-0.15, -0.1) is 11.3 Å². The number of thioether (sulfide) groups is 1. The highest BCUT2D eigenvalue weighted by atomic mass is 32.2. The molecule has 0 aliphatic heterocycles. The zero-order valence-corrected chi connectivity index (χ0v) is 14.8. The van der Waals surface area contributed by atoms with Gasteiger partial charge in [-0.25, -0.2) is 4.98 Å². The number of carbonyl (C=O) groups is 1. The number of hydrogen-bond acceptors (Lipinski definition) is 5. The Bertz CT molecular complexity index is 745. The summed E-state index contributed by atoms with van der Waals surface area (Å²) in [5.74, 6) is 0.329. The minimum Gasteiger partial charge on any atom is -0.353 e. The molecule has 124 valence electrons. The number of hydrogen-bond donors (Lipinski definition) is 1. The van der Waals surface area contributed by atoms with Crippen molar-refractivity contribution in [1.29, 1.82) is 0 Å². The van der Waals surface area contributed by atoms with Crippen LogP contribution in [0.5, 0.6) is 0 Å². The van der Waals surface area contributed by atoms with Crippen LogP contribution in [0.3, 0.4) is 0 Å². The molecular formula is C16H21N3O2S2. The van der Waals surface area contributed by atoms with Crippen molar-refractivity contribution in [3.63, 3.8) is 0 Å². The molecule has 1 fully saturated rings. The molecular weight excluding hydrogens is 330 g/mol. The lowest BCUT2D eigenvalue weighted by Gasteiger charge is -2.16. The monoisotopic (exact) mass is 351 g/mol. The third-order valence-electron chi connectivity index (χ3n) is 4.22. The van der Waals surface area contributed by atoms with E-state index in [1.165, 1.54) is 53.3 Å². The summed E-state index contributed by atoms with van der Waals surface area (Å²) in [4.78, 5) is 29.6. The summed E-state index contributed by atoms with van der Waals surface area (Å²) in [5, 5.41) is 6.23. The highest BCUT2D eigenvalue weighted by Crippen LogP contribution is 2.21. The molecule has 0 atom stereocenters. The van der Waals surface area contributed by atoms with Gasteiger partial charge >= 0.3 is 0 Å². The molecule has 0 bridgehead atoms. The molecule has 2 aromatic rings. The maximum Gasteiger partial charge on any atom is 0.262 e. The van der Waals surface area contributed by atoms with Crippen molar-refractivity contribution >= 4 is 39.2 Å². The molecule has 0 spiro atoms. The molecule has 5 nitrogen and oxygen atoms in total. The predicted octanol–water partition coefficient (Wildman–Crippen LogP) is 2.93. The third-order valence-corrected chi connectivity index (χ3v) is 6.05. The van der Waals surface area contributed by atoms with E-state index in [9.17, 15) is 9.59 Å². The molecule has 2 aromatic heterocycles. The van der Waals surface area contributed by atoms with Gasteiger partial charge in [0, 0.05) is 13.1 Å². The number of carbonyl (C=O) groups excluding carboxylic acids is 1. The number of aromatic nitrogens is 2. The van der Waals surface area contributed by atoms with E-state index >= 15 is 0 Å². The number of rotatable bonds is 4. The zero-order valence-electron chi connectivity index (χ0n) is 13.2. The Morgan fingerprint density at radius 2 is 2.13 bits per heavy atom. The van der Waals surface area contributed by atoms with E-state index < -0.39 is 0 Å². The highest BCUT2D eigenvalue weighted by molar-refractivity contribution is 7.99. The first-order valence-electron chi connectivity index (χ1n) is 8.01. The van der Waals surface area contributed by atoms with E-state index in [1.54, 1.807) is 13.1 Å². The lowest BCUT2D eigenvalue weighted by atomic mass is 10.1. The summed E-state index contributed by atoms with van der Waals surface area (Å²) >= 11 is 2.78. The lowest BCUT2D eigenvalue weighted by molar-refractivity contribution is -0.119. The summed E-state index contributed by atoms with van der Waals surface area (Å²) in [5.41, 5.74) is -0.0528. The molecule has 0 unspecified atom stereocenters. The fraction of sp³-hybridized carbons (Fsp3) is 0.562. The van der Waals surface area contributed by atoms with Crippen molar-refractivity contribution in [3.05, 3.63) is 21.8 Å². The van der Waals surface area contributed by atoms with Gasteiger partial charge in [0.25, 0.3) is 5.56 Å². The summed E-state index contributed by atoms with van der Waals surface area (Å²) in [6.45, 7) is 0. The quantitative estimate of drug-likeness (QED) is 0.523. The first-order valence-corrected chi connectivity index (χ1v) is 9.88. The van der Waals surface area contributed by atoms with Gasteiger partial charge in [-0.1, -0.05) is 37.4 Å². The van der Waals surface area contributed by atoms with Crippen molar-refractivity contribution in [3.8, 4) is 0 Å². The molecule has 3 rings (SSSR count). The van der Waals surface area contributed by atoms with Gasteiger partial charge in [0.1, 0.15) is 4.83 Å². The van der Waals surface area contributed by atoms with Crippen LogP contribution in [-0.2, 0) is 11.8 Å². The van der Waals surface area contributed by atoms with Crippen molar-refractivity contribution < 1.29 is 4.79 Å². The summed E-state index contributed by atoms with van der Waals surface area (Å²) in [6, 6.07) is 2.10. The van der Waals surface area contributed by atoms with Crippen molar-refractivity contribution in [2.24, 2.45) is 7.05 Å². The lowest BCUT2D eigenvalue weighted by Crippen LogP contribution is -2.35. The summed E-state index contributed by atoms with van der Waals surface area (Å²) in [6.07, 6.45) is 7.09. The predicted molar refractivity (Wildman–Crippen MR) is 95.2 cm³/mol. The minimum atomic E-state index is -0.0528. The van der Waals surface area contributed by atoms with Crippen LogP contribution < -0.4 is 10.9 Å². The Balaban J connectivity index is 1.62. The molecule has 7 heteroatoms. The van der Waals surface area contributed by atoms with E-state index in [0.717, 1.165) is 17.7 Å². The molecule has 23 heavy (non-hydrogen) atoms. The van der Waals surface area contributed by atoms with E-state index in [1.807, 2.05) is 5.38 Å². The summed E-state index contributed by atoms with van der Waals surface area (Å²) < 4.78 is 1.53. The minimum absolute atomic E-state index is 0.0300. The molecule has 1 N–H and O–H groups in total. The van der Waals surface area contributed by atoms with E-state index in [2.05, 4.69) is 10.3 Å². The Morgan fingerprint density at radius 1 is 1.39 bits per heavy atom. The SMILES string of the molecule is Cn1c(SCC(=O)NC2CCCCCC2)nc2sccc2c1=O. The van der Waals surface area contributed by atoms with Gasteiger partial charge in [-0.05, 0) is 24.3 Å². The van der Waals surface area contributed by atoms with E-state index in [-0.39, 0.29) is 11.5 Å². The van der Waals surface area contributed by atoms with Gasteiger partial charge < -0.3 is 5.32 Å². The van der Waals surface area contributed by atoms with Crippen LogP contribution in [0.4, 0.5) is 0 Å². The van der Waals surface area contributed by atoms with Crippen molar-refractivity contribution in [2.45, 2.75) is 49.7 Å². The maximum atomic E-state index is 12.2. The first kappa shape index (κ1) is 16.5. The van der Waals surface area contributed by atoms with E-state index in [4.69, 9.17) is 0 Å². The second kappa shape index (κ2) is 7.49. The van der Waals surface area contributed by atoms with Crippen molar-refractivity contribution in [1.82, 2.24) is 14.9 Å². The van der Waals surface area contributed by atoms with Crippen LogP contribution in [0.25, 0.3) is 10.2 Å². The average Bonchev–Trinajstić information content (AvgIpc) is 2.86. The van der Waals surface area contributed by atoms with Crippen molar-refractivity contribution in [2.75, 3.05) is 5.75 Å². The van der Waals surface area contributed by atoms with Crippen LogP contribution in [-0.4, -0.2) is 27.3 Å². The van der Waals surface area contributed by atoms with Crippen LogP contribution in [0, 0.1) is 0 Å². The Morgan fingerprint density at radius 3 is 2.87 bits per heavy atom. The fourth-order valence-electron chi connectivity index (χ4n) is 2.93. The summed E-state index contributed by atoms with van der Waals surface area (Å²) in [7, 11) is 1.71. The molecule has 1 aliphatic carbocycles. The fourth-order valence-corrected chi connectivity index (χ4v) is 4.52. The van der Waals surface area contributed by atoms with Crippen LogP contribution in [0.15, 0.2) is 21.4 Å². The first-order chi connectivity index (χ1) is 11.1. The number of nitrogens with one attached hydrogen (secondary N) is 1. The molecule has 1 amide bonds. The Hall–Kier alpha value is -1.34. The number of nitrogens with zero attached hydrogens (tertiary/aromatic N) is 2. The number of thiophene rings is 1. The maximum absolute atomic E-state index is 12.2. The molecule has 1 aliphatic rings. The molecule has 2 heterocycles. The topological polar surface area (TPSA) is 64.0 Å². The highest BCUT2D eigenvalue weighted by Gasteiger charge is 2.16. The molecule has 0 aromatic carbocycles. The van der Waals surface area contributed by atoms with Gasteiger partial charge in [0.15, 0.2) is 5.16 Å². The smallest absolute Gasteiger partial charge is 0.262 e. The molecule has 1 saturated carbocycles. The van der Waals surface area contributed by atoms with Gasteiger partial charge in [0.2, 0.25) is 5.91 Å². The number of amides is 1. The Kier molecular flexibility index (Phi) is 5.38. The molecule has 0 saturated heterocycles. The van der Waals surface area contributed by atoms with Crippen LogP contribution in [0.1, 0.15) is 38.5 Å². The second-order valence-corrected chi connectivity index (χ2v) is 7.78. The van der Waals surface area contributed by atoms with Gasteiger partial charge in [-0.2, -0.15) is 0 Å². The van der Waals surface area contributed by atoms with Crippen LogP contribution >= 0.6 is 23.1 Å². The van der Waals surface area contributed by atoms with Gasteiger partial charge in [0.05, 0.1) is 11.1 Å². The third kappa shape index (κ3) is 3.95. The standard InChI is InChI=1S/C16H21N3O2S2/c1-19-15(21)12-8-9-22-14(12)18-16(19)23-10-13(20)17-11-6-4-2-3-5-7-11/h8-9,11H,2-7,10H2,1H3,(H,17,20). The second-order valence-electron chi connectivity index (χ2n) is 5.94. The number of fused-ring (bicyclic) bond motifs is 1. The van der Waals surface area contributed by atoms with Gasteiger partial charge in [-0.3, -0.25) is 14.2 Å². The Labute approximate surface area is 143 Å².